The molecule has 0 unspecified atom stereocenters. The van der Waals surface area contributed by atoms with Gasteiger partial charge >= 0.3 is 0 Å². The number of hydrogen-bond acceptors (Lipinski definition) is 7. The lowest BCUT2D eigenvalue weighted by Gasteiger charge is -2.13. The smallest absolute Gasteiger partial charge is 0.263 e. The van der Waals surface area contributed by atoms with Crippen LogP contribution in [0.15, 0.2) is 53.7 Å². The molecule has 0 radical (unpaired) electrons. The zero-order chi connectivity index (χ0) is 20.1. The van der Waals surface area contributed by atoms with Crippen molar-refractivity contribution in [2.24, 2.45) is 0 Å². The number of nitrogens with zero attached hydrogens (tertiary/aromatic N) is 3. The van der Waals surface area contributed by atoms with E-state index in [1.165, 1.54) is 0 Å². The van der Waals surface area contributed by atoms with Crippen LogP contribution in [0.2, 0.25) is 0 Å². The molecule has 3 rings (SSSR count). The maximum Gasteiger partial charge on any atom is 0.263 e. The van der Waals surface area contributed by atoms with Gasteiger partial charge in [0.25, 0.3) is 10.0 Å². The van der Waals surface area contributed by atoms with Crippen LogP contribution in [0.5, 0.6) is 5.75 Å². The summed E-state index contributed by atoms with van der Waals surface area (Å²) >= 11 is 0. The fourth-order valence-corrected chi connectivity index (χ4v) is 3.95. The Morgan fingerprint density at radius 2 is 1.64 bits per heavy atom. The fraction of sp³-hybridized carbons (Fsp3) is 0.211. The van der Waals surface area contributed by atoms with Crippen molar-refractivity contribution in [2.75, 3.05) is 17.1 Å². The first-order valence-corrected chi connectivity index (χ1v) is 10.0. The molecule has 0 saturated carbocycles. The lowest BCUT2D eigenvalue weighted by Crippen LogP contribution is -2.16. The first-order chi connectivity index (χ1) is 13.4. The zero-order valence-corrected chi connectivity index (χ0v) is 16.6. The van der Waals surface area contributed by atoms with Crippen LogP contribution in [0.3, 0.4) is 0 Å². The number of benzene rings is 1. The van der Waals surface area contributed by atoms with Crippen molar-refractivity contribution in [1.82, 2.24) is 15.2 Å². The Morgan fingerprint density at radius 1 is 0.964 bits per heavy atom. The standard InChI is InChI=1S/C19H21N5O3S/c1-13-11-17(14(2)10-16(13)27-3)28(25,26)24-19-5-4-18(22-23-19)21-12-15-6-8-20-9-7-15/h4-11H,12H2,1-3H3,(H,21,22)(H,23,24). The monoisotopic (exact) mass is 399 g/mol. The molecule has 0 fully saturated rings. The normalized spacial score (nSPS) is 11.1. The molecule has 0 aliphatic carbocycles. The lowest BCUT2D eigenvalue weighted by molar-refractivity contribution is 0.411. The van der Waals surface area contributed by atoms with Crippen LogP contribution in [0.4, 0.5) is 11.6 Å². The summed E-state index contributed by atoms with van der Waals surface area (Å²) in [6.07, 6.45) is 3.42. The molecule has 0 aliphatic rings. The molecule has 3 aromatic rings. The molecule has 2 heterocycles. The number of aryl methyl sites for hydroxylation is 2. The van der Waals surface area contributed by atoms with Crippen molar-refractivity contribution in [3.05, 3.63) is 65.5 Å². The molecule has 0 bridgehead atoms. The maximum atomic E-state index is 12.7. The Morgan fingerprint density at radius 3 is 2.29 bits per heavy atom. The number of ether oxygens (including phenoxy) is 1. The van der Waals surface area contributed by atoms with E-state index in [1.807, 2.05) is 12.1 Å². The van der Waals surface area contributed by atoms with Crippen molar-refractivity contribution in [1.29, 1.82) is 0 Å². The van der Waals surface area contributed by atoms with E-state index in [9.17, 15) is 8.42 Å². The lowest BCUT2D eigenvalue weighted by atomic mass is 10.1. The predicted molar refractivity (Wildman–Crippen MR) is 107 cm³/mol. The third kappa shape index (κ3) is 4.55. The van der Waals surface area contributed by atoms with Crippen molar-refractivity contribution in [3.63, 3.8) is 0 Å². The molecule has 0 aliphatic heterocycles. The van der Waals surface area contributed by atoms with Crippen molar-refractivity contribution < 1.29 is 13.2 Å². The van der Waals surface area contributed by atoms with Crippen LogP contribution in [0.25, 0.3) is 0 Å². The van der Waals surface area contributed by atoms with Gasteiger partial charge in [0.2, 0.25) is 0 Å². The second-order valence-corrected chi connectivity index (χ2v) is 7.86. The highest BCUT2D eigenvalue weighted by Crippen LogP contribution is 2.26. The molecular formula is C19H21N5O3S. The first kappa shape index (κ1) is 19.6. The van der Waals surface area contributed by atoms with Gasteiger partial charge < -0.3 is 10.1 Å². The van der Waals surface area contributed by atoms with E-state index in [4.69, 9.17) is 4.74 Å². The summed E-state index contributed by atoms with van der Waals surface area (Å²) in [5.74, 6) is 1.32. The zero-order valence-electron chi connectivity index (χ0n) is 15.8. The molecule has 9 heteroatoms. The van der Waals surface area contributed by atoms with Gasteiger partial charge in [-0.05, 0) is 66.9 Å². The van der Waals surface area contributed by atoms with Gasteiger partial charge in [-0.2, -0.15) is 0 Å². The minimum atomic E-state index is -3.80. The molecule has 0 saturated heterocycles. The Balaban J connectivity index is 1.72. The van der Waals surface area contributed by atoms with Gasteiger partial charge in [-0.15, -0.1) is 10.2 Å². The molecule has 146 valence electrons. The summed E-state index contributed by atoms with van der Waals surface area (Å²) in [5, 5.41) is 11.1. The topological polar surface area (TPSA) is 106 Å². The van der Waals surface area contributed by atoms with Crippen LogP contribution in [0.1, 0.15) is 16.7 Å². The van der Waals surface area contributed by atoms with Gasteiger partial charge in [0.15, 0.2) is 5.82 Å². The largest absolute Gasteiger partial charge is 0.496 e. The molecule has 8 nitrogen and oxygen atoms in total. The Hall–Kier alpha value is -3.20. The number of hydrogen-bond donors (Lipinski definition) is 2. The van der Waals surface area contributed by atoms with E-state index in [1.54, 1.807) is 57.6 Å². The van der Waals surface area contributed by atoms with E-state index < -0.39 is 10.0 Å². The van der Waals surface area contributed by atoms with Gasteiger partial charge in [0, 0.05) is 18.9 Å². The highest BCUT2D eigenvalue weighted by molar-refractivity contribution is 7.92. The number of rotatable bonds is 7. The summed E-state index contributed by atoms with van der Waals surface area (Å²) in [7, 11) is -2.25. The average molecular weight is 399 g/mol. The molecule has 0 atom stereocenters. The molecule has 0 spiro atoms. The van der Waals surface area contributed by atoms with E-state index >= 15 is 0 Å². The fourth-order valence-electron chi connectivity index (χ4n) is 2.64. The van der Waals surface area contributed by atoms with E-state index in [2.05, 4.69) is 25.2 Å². The van der Waals surface area contributed by atoms with Gasteiger partial charge in [-0.1, -0.05) is 0 Å². The van der Waals surface area contributed by atoms with Gasteiger partial charge in [0.05, 0.1) is 12.0 Å². The van der Waals surface area contributed by atoms with Crippen molar-refractivity contribution in [3.8, 4) is 5.75 Å². The Labute approximate surface area is 164 Å². The Kier molecular flexibility index (Phi) is 5.74. The highest BCUT2D eigenvalue weighted by Gasteiger charge is 2.19. The number of anilines is 2. The Bertz CT molecular complexity index is 1050. The van der Waals surface area contributed by atoms with Crippen LogP contribution in [-0.2, 0) is 16.6 Å². The van der Waals surface area contributed by atoms with Gasteiger partial charge in [-0.3, -0.25) is 9.71 Å². The van der Waals surface area contributed by atoms with Crippen LogP contribution in [0, 0.1) is 13.8 Å². The van der Waals surface area contributed by atoms with E-state index in [0.29, 0.717) is 23.7 Å². The van der Waals surface area contributed by atoms with Crippen molar-refractivity contribution in [2.45, 2.75) is 25.3 Å². The number of methoxy groups -OCH3 is 1. The summed E-state index contributed by atoms with van der Waals surface area (Å²) in [6, 6.07) is 10.3. The van der Waals surface area contributed by atoms with E-state index in [0.717, 1.165) is 11.1 Å². The highest BCUT2D eigenvalue weighted by atomic mass is 32.2. The molecule has 2 aromatic heterocycles. The summed E-state index contributed by atoms with van der Waals surface area (Å²) in [5.41, 5.74) is 2.36. The average Bonchev–Trinajstić information content (AvgIpc) is 2.69. The molecular weight excluding hydrogens is 378 g/mol. The summed E-state index contributed by atoms with van der Waals surface area (Å²) < 4.78 is 33.2. The third-order valence-corrected chi connectivity index (χ3v) is 5.61. The summed E-state index contributed by atoms with van der Waals surface area (Å²) in [4.78, 5) is 4.14. The minimum Gasteiger partial charge on any atom is -0.496 e. The number of sulfonamides is 1. The second kappa shape index (κ2) is 8.22. The predicted octanol–water partition coefficient (Wildman–Crippen LogP) is 2.91. The van der Waals surface area contributed by atoms with Crippen molar-refractivity contribution >= 4 is 21.7 Å². The van der Waals surface area contributed by atoms with Crippen LogP contribution in [-0.4, -0.2) is 30.7 Å². The summed E-state index contributed by atoms with van der Waals surface area (Å²) in [6.45, 7) is 4.07. The van der Waals surface area contributed by atoms with Crippen LogP contribution >= 0.6 is 0 Å². The molecule has 1 aromatic carbocycles. The quantitative estimate of drug-likeness (QED) is 0.629. The van der Waals surface area contributed by atoms with Gasteiger partial charge in [0.1, 0.15) is 11.6 Å². The molecule has 2 N–H and O–H groups in total. The second-order valence-electron chi connectivity index (χ2n) is 6.21. The molecule has 0 amide bonds. The third-order valence-electron chi connectivity index (χ3n) is 4.11. The van der Waals surface area contributed by atoms with Crippen LogP contribution < -0.4 is 14.8 Å². The number of nitrogens with one attached hydrogen (secondary N) is 2. The number of aromatic nitrogens is 3. The maximum absolute atomic E-state index is 12.7. The SMILES string of the molecule is COc1cc(C)c(S(=O)(=O)Nc2ccc(NCc3ccncc3)nn2)cc1C. The molecule has 28 heavy (non-hydrogen) atoms. The first-order valence-electron chi connectivity index (χ1n) is 8.53. The van der Waals surface area contributed by atoms with E-state index in [-0.39, 0.29) is 10.7 Å². The number of pyridine rings is 1. The van der Waals surface area contributed by atoms with Gasteiger partial charge in [-0.25, -0.2) is 8.42 Å². The minimum absolute atomic E-state index is 0.141.